The molecule has 0 spiro atoms. The van der Waals surface area contributed by atoms with Gasteiger partial charge in [-0.15, -0.1) is 0 Å². The summed E-state index contributed by atoms with van der Waals surface area (Å²) in [5, 5.41) is 0.727. The molecule has 0 aliphatic rings. The molecule has 0 saturated carbocycles. The zero-order valence-corrected chi connectivity index (χ0v) is 10.2. The van der Waals surface area contributed by atoms with Crippen LogP contribution >= 0.6 is 11.6 Å². The first-order valence-electron chi connectivity index (χ1n) is 5.20. The third-order valence-electron chi connectivity index (χ3n) is 1.96. The molecule has 0 radical (unpaired) electrons. The Morgan fingerprint density at radius 2 is 2.00 bits per heavy atom. The average molecular weight is 228 g/mol. The lowest BCUT2D eigenvalue weighted by molar-refractivity contribution is 0.239. The zero-order chi connectivity index (χ0) is 11.4. The quantitative estimate of drug-likeness (QED) is 0.858. The Morgan fingerprint density at radius 1 is 1.33 bits per heavy atom. The first-order chi connectivity index (χ1) is 7.00. The van der Waals surface area contributed by atoms with Gasteiger partial charge in [-0.3, -0.25) is 0 Å². The molecule has 0 saturated heterocycles. The number of nitrogens with two attached hydrogens (primary N) is 1. The van der Waals surface area contributed by atoms with Crippen LogP contribution in [-0.2, 0) is 6.42 Å². The van der Waals surface area contributed by atoms with Crippen molar-refractivity contribution < 1.29 is 4.74 Å². The number of hydrogen-bond donors (Lipinski definition) is 1. The Hall–Kier alpha value is -0.730. The number of benzene rings is 1. The zero-order valence-electron chi connectivity index (χ0n) is 9.46. The second-order valence-corrected chi connectivity index (χ2v) is 4.47. The maximum absolute atomic E-state index is 6.12. The highest BCUT2D eigenvalue weighted by atomic mass is 35.5. The maximum atomic E-state index is 6.12. The highest BCUT2D eigenvalue weighted by Crippen LogP contribution is 2.28. The van der Waals surface area contributed by atoms with Gasteiger partial charge in [0.15, 0.2) is 0 Å². The standard InChI is InChI=1S/C12H18ClNO/c1-8(2)15-12-6-4-5-11(13)10(12)7-9(3)14/h4-6,8-9H,7,14H2,1-3H3. The van der Waals surface area contributed by atoms with Crippen molar-refractivity contribution in [2.45, 2.75) is 39.3 Å². The third kappa shape index (κ3) is 3.73. The van der Waals surface area contributed by atoms with Gasteiger partial charge < -0.3 is 10.5 Å². The topological polar surface area (TPSA) is 35.2 Å². The molecule has 0 bridgehead atoms. The summed E-state index contributed by atoms with van der Waals surface area (Å²) >= 11 is 6.12. The molecule has 2 nitrogen and oxygen atoms in total. The summed E-state index contributed by atoms with van der Waals surface area (Å²) in [5.74, 6) is 0.842. The molecule has 0 heterocycles. The predicted octanol–water partition coefficient (Wildman–Crippen LogP) is 3.02. The minimum Gasteiger partial charge on any atom is -0.491 e. The summed E-state index contributed by atoms with van der Waals surface area (Å²) in [6, 6.07) is 5.78. The minimum absolute atomic E-state index is 0.0828. The Kier molecular flexibility index (Phi) is 4.43. The molecule has 1 atom stereocenters. The van der Waals surface area contributed by atoms with Crippen LogP contribution in [0.5, 0.6) is 5.75 Å². The molecule has 0 aliphatic carbocycles. The number of ether oxygens (including phenoxy) is 1. The molecule has 0 aromatic heterocycles. The van der Waals surface area contributed by atoms with Gasteiger partial charge in [-0.25, -0.2) is 0 Å². The summed E-state index contributed by atoms with van der Waals surface area (Å²) in [6.07, 6.45) is 0.886. The lowest BCUT2D eigenvalue weighted by Gasteiger charge is -2.16. The van der Waals surface area contributed by atoms with Crippen molar-refractivity contribution in [3.63, 3.8) is 0 Å². The lowest BCUT2D eigenvalue weighted by Crippen LogP contribution is -2.19. The van der Waals surface area contributed by atoms with Crippen LogP contribution in [0.4, 0.5) is 0 Å². The smallest absolute Gasteiger partial charge is 0.124 e. The van der Waals surface area contributed by atoms with Crippen LogP contribution in [-0.4, -0.2) is 12.1 Å². The molecule has 3 heteroatoms. The van der Waals surface area contributed by atoms with Gasteiger partial charge in [0.25, 0.3) is 0 Å². The van der Waals surface area contributed by atoms with E-state index in [0.717, 1.165) is 22.8 Å². The van der Waals surface area contributed by atoms with E-state index in [1.54, 1.807) is 0 Å². The second-order valence-electron chi connectivity index (χ2n) is 4.06. The summed E-state index contributed by atoms with van der Waals surface area (Å²) in [6.45, 7) is 5.95. The first-order valence-corrected chi connectivity index (χ1v) is 5.58. The average Bonchev–Trinajstić information content (AvgIpc) is 2.09. The Labute approximate surface area is 96.4 Å². The molecule has 0 amide bonds. The van der Waals surface area contributed by atoms with Crippen molar-refractivity contribution in [2.75, 3.05) is 0 Å². The van der Waals surface area contributed by atoms with Crippen molar-refractivity contribution >= 4 is 11.6 Å². The molecule has 1 aromatic rings. The van der Waals surface area contributed by atoms with E-state index >= 15 is 0 Å². The van der Waals surface area contributed by atoms with Gasteiger partial charge >= 0.3 is 0 Å². The summed E-state index contributed by atoms with van der Waals surface area (Å²) < 4.78 is 5.69. The Morgan fingerprint density at radius 3 is 2.53 bits per heavy atom. The van der Waals surface area contributed by atoms with Gasteiger partial charge in [0, 0.05) is 16.6 Å². The van der Waals surface area contributed by atoms with E-state index in [4.69, 9.17) is 22.1 Å². The maximum Gasteiger partial charge on any atom is 0.124 e. The van der Waals surface area contributed by atoms with Crippen molar-refractivity contribution in [3.8, 4) is 5.75 Å². The first kappa shape index (κ1) is 12.3. The molecule has 0 aliphatic heterocycles. The summed E-state index contributed by atoms with van der Waals surface area (Å²) in [5.41, 5.74) is 6.78. The highest BCUT2D eigenvalue weighted by Gasteiger charge is 2.11. The molecule has 84 valence electrons. The van der Waals surface area contributed by atoms with Gasteiger partial charge in [0.05, 0.1) is 6.10 Å². The van der Waals surface area contributed by atoms with Crippen molar-refractivity contribution in [2.24, 2.45) is 5.73 Å². The molecule has 1 rings (SSSR count). The molecule has 15 heavy (non-hydrogen) atoms. The molecule has 2 N–H and O–H groups in total. The predicted molar refractivity (Wildman–Crippen MR) is 64.6 cm³/mol. The van der Waals surface area contributed by atoms with Crippen LogP contribution < -0.4 is 10.5 Å². The van der Waals surface area contributed by atoms with E-state index in [2.05, 4.69) is 0 Å². The Bertz CT molecular complexity index is 323. The Balaban J connectivity index is 2.97. The van der Waals surface area contributed by atoms with E-state index in [1.807, 2.05) is 39.0 Å². The largest absolute Gasteiger partial charge is 0.491 e. The van der Waals surface area contributed by atoms with Gasteiger partial charge in [0.1, 0.15) is 5.75 Å². The molecular weight excluding hydrogens is 210 g/mol. The summed E-state index contributed by atoms with van der Waals surface area (Å²) in [4.78, 5) is 0. The fourth-order valence-electron chi connectivity index (χ4n) is 1.42. The SMILES string of the molecule is CC(N)Cc1c(Cl)cccc1OC(C)C. The normalized spacial score (nSPS) is 12.9. The van der Waals surface area contributed by atoms with E-state index in [1.165, 1.54) is 0 Å². The second kappa shape index (κ2) is 5.38. The molecule has 0 fully saturated rings. The van der Waals surface area contributed by atoms with Crippen molar-refractivity contribution in [3.05, 3.63) is 28.8 Å². The van der Waals surface area contributed by atoms with Crippen LogP contribution in [0.2, 0.25) is 5.02 Å². The van der Waals surface area contributed by atoms with Crippen LogP contribution in [0.25, 0.3) is 0 Å². The number of hydrogen-bond acceptors (Lipinski definition) is 2. The van der Waals surface area contributed by atoms with Crippen molar-refractivity contribution in [1.82, 2.24) is 0 Å². The highest BCUT2D eigenvalue weighted by molar-refractivity contribution is 6.31. The fraction of sp³-hybridized carbons (Fsp3) is 0.500. The summed E-state index contributed by atoms with van der Waals surface area (Å²) in [7, 11) is 0. The number of rotatable bonds is 4. The van der Waals surface area contributed by atoms with Crippen LogP contribution in [0, 0.1) is 0 Å². The van der Waals surface area contributed by atoms with Crippen molar-refractivity contribution in [1.29, 1.82) is 0 Å². The minimum atomic E-state index is 0.0828. The van der Waals surface area contributed by atoms with Gasteiger partial charge in [-0.2, -0.15) is 0 Å². The lowest BCUT2D eigenvalue weighted by atomic mass is 10.1. The van der Waals surface area contributed by atoms with Gasteiger partial charge in [-0.05, 0) is 39.3 Å². The van der Waals surface area contributed by atoms with Gasteiger partial charge in [-0.1, -0.05) is 17.7 Å². The molecule has 1 aromatic carbocycles. The molecular formula is C12H18ClNO. The van der Waals surface area contributed by atoms with E-state index in [-0.39, 0.29) is 12.1 Å². The van der Waals surface area contributed by atoms with Crippen LogP contribution in [0.15, 0.2) is 18.2 Å². The van der Waals surface area contributed by atoms with E-state index in [0.29, 0.717) is 0 Å². The third-order valence-corrected chi connectivity index (χ3v) is 2.32. The van der Waals surface area contributed by atoms with Crippen LogP contribution in [0.1, 0.15) is 26.3 Å². The molecule has 1 unspecified atom stereocenters. The van der Waals surface area contributed by atoms with E-state index < -0.39 is 0 Å². The van der Waals surface area contributed by atoms with E-state index in [9.17, 15) is 0 Å². The van der Waals surface area contributed by atoms with Crippen LogP contribution in [0.3, 0.4) is 0 Å². The number of halogens is 1. The fourth-order valence-corrected chi connectivity index (χ4v) is 1.67. The van der Waals surface area contributed by atoms with Gasteiger partial charge in [0.2, 0.25) is 0 Å². The monoisotopic (exact) mass is 227 g/mol.